The smallest absolute Gasteiger partial charge is 0.00926 e. The van der Waals surface area contributed by atoms with Crippen molar-refractivity contribution in [1.29, 1.82) is 0 Å². The first-order valence-corrected chi connectivity index (χ1v) is 7.98. The first-order chi connectivity index (χ1) is 8.57. The molecule has 1 aliphatic heterocycles. The van der Waals surface area contributed by atoms with Crippen LogP contribution in [-0.4, -0.2) is 37.6 Å². The lowest BCUT2D eigenvalue weighted by molar-refractivity contribution is 0.120. The second-order valence-electron chi connectivity index (χ2n) is 7.36. The summed E-state index contributed by atoms with van der Waals surface area (Å²) in [5.74, 6) is 0.980. The third-order valence-corrected chi connectivity index (χ3v) is 5.28. The molecule has 0 unspecified atom stereocenters. The van der Waals surface area contributed by atoms with Crippen molar-refractivity contribution in [3.63, 3.8) is 0 Å². The average Bonchev–Trinajstić information content (AvgIpc) is 2.37. The SMILES string of the molecule is CN(CCC1CCNCC1)C1CCC(C)(C)CC1.Cl. The third-order valence-electron chi connectivity index (χ3n) is 5.28. The van der Waals surface area contributed by atoms with Crippen LogP contribution in [0.3, 0.4) is 0 Å². The Morgan fingerprint density at radius 3 is 2.21 bits per heavy atom. The van der Waals surface area contributed by atoms with Crippen LogP contribution in [0.2, 0.25) is 0 Å². The van der Waals surface area contributed by atoms with Gasteiger partial charge in [-0.25, -0.2) is 0 Å². The predicted octanol–water partition coefficient (Wildman–Crippen LogP) is 3.70. The number of piperidine rings is 1. The van der Waals surface area contributed by atoms with Gasteiger partial charge in [0.1, 0.15) is 0 Å². The molecule has 2 aliphatic rings. The van der Waals surface area contributed by atoms with Crippen LogP contribution in [-0.2, 0) is 0 Å². The van der Waals surface area contributed by atoms with Gasteiger partial charge in [0.25, 0.3) is 0 Å². The van der Waals surface area contributed by atoms with Gasteiger partial charge in [-0.15, -0.1) is 12.4 Å². The van der Waals surface area contributed by atoms with Gasteiger partial charge in [0.2, 0.25) is 0 Å². The number of rotatable bonds is 4. The van der Waals surface area contributed by atoms with E-state index in [-0.39, 0.29) is 12.4 Å². The molecule has 1 saturated carbocycles. The second kappa shape index (κ2) is 7.85. The molecule has 2 fully saturated rings. The van der Waals surface area contributed by atoms with Gasteiger partial charge in [-0.05, 0) is 83.0 Å². The van der Waals surface area contributed by atoms with E-state index in [1.165, 1.54) is 64.6 Å². The summed E-state index contributed by atoms with van der Waals surface area (Å²) >= 11 is 0. The number of hydrogen-bond acceptors (Lipinski definition) is 2. The van der Waals surface area contributed by atoms with Gasteiger partial charge in [-0.1, -0.05) is 13.8 Å². The van der Waals surface area contributed by atoms with E-state index < -0.39 is 0 Å². The molecule has 0 spiro atoms. The fourth-order valence-corrected chi connectivity index (χ4v) is 3.56. The average molecular weight is 289 g/mol. The molecule has 0 aromatic carbocycles. The monoisotopic (exact) mass is 288 g/mol. The minimum atomic E-state index is 0. The van der Waals surface area contributed by atoms with Crippen LogP contribution in [0, 0.1) is 11.3 Å². The van der Waals surface area contributed by atoms with E-state index in [9.17, 15) is 0 Å². The van der Waals surface area contributed by atoms with Gasteiger partial charge in [0.15, 0.2) is 0 Å². The van der Waals surface area contributed by atoms with Crippen molar-refractivity contribution in [3.8, 4) is 0 Å². The lowest BCUT2D eigenvalue weighted by Gasteiger charge is -2.39. The molecule has 0 aromatic heterocycles. The summed E-state index contributed by atoms with van der Waals surface area (Å²) in [5, 5.41) is 3.46. The summed E-state index contributed by atoms with van der Waals surface area (Å²) in [4.78, 5) is 2.65. The van der Waals surface area contributed by atoms with Crippen LogP contribution in [0.25, 0.3) is 0 Å². The molecule has 1 heterocycles. The standard InChI is InChI=1S/C16H32N2.ClH/c1-16(2)9-4-15(5-10-16)18(3)13-8-14-6-11-17-12-7-14;/h14-15,17H,4-13H2,1-3H3;1H. The third kappa shape index (κ3) is 5.61. The largest absolute Gasteiger partial charge is 0.317 e. The molecule has 2 nitrogen and oxygen atoms in total. The van der Waals surface area contributed by atoms with Crippen LogP contribution >= 0.6 is 12.4 Å². The molecular formula is C16H33ClN2. The molecule has 1 saturated heterocycles. The zero-order valence-electron chi connectivity index (χ0n) is 13.1. The number of halogens is 1. The van der Waals surface area contributed by atoms with Crippen molar-refractivity contribution >= 4 is 12.4 Å². The van der Waals surface area contributed by atoms with Crippen molar-refractivity contribution in [2.75, 3.05) is 26.7 Å². The summed E-state index contributed by atoms with van der Waals surface area (Å²) in [5.41, 5.74) is 0.604. The first-order valence-electron chi connectivity index (χ1n) is 7.98. The van der Waals surface area contributed by atoms with Crippen LogP contribution in [0.4, 0.5) is 0 Å². The Balaban J connectivity index is 0.00000180. The quantitative estimate of drug-likeness (QED) is 0.849. The normalized spacial score (nSPS) is 25.3. The maximum atomic E-state index is 3.46. The van der Waals surface area contributed by atoms with Gasteiger partial charge in [-0.2, -0.15) is 0 Å². The highest BCUT2D eigenvalue weighted by molar-refractivity contribution is 5.85. The van der Waals surface area contributed by atoms with Crippen LogP contribution in [0.1, 0.15) is 58.8 Å². The summed E-state index contributed by atoms with van der Waals surface area (Å²) in [6.07, 6.45) is 9.85. The molecule has 0 aromatic rings. The van der Waals surface area contributed by atoms with Crippen LogP contribution < -0.4 is 5.32 Å². The van der Waals surface area contributed by atoms with Crippen LogP contribution in [0.15, 0.2) is 0 Å². The Morgan fingerprint density at radius 1 is 1.05 bits per heavy atom. The molecule has 2 rings (SSSR count). The minimum Gasteiger partial charge on any atom is -0.317 e. The van der Waals surface area contributed by atoms with E-state index in [4.69, 9.17) is 0 Å². The van der Waals surface area contributed by atoms with E-state index in [1.54, 1.807) is 0 Å². The van der Waals surface area contributed by atoms with Gasteiger partial charge in [0, 0.05) is 6.04 Å². The molecule has 1 aliphatic carbocycles. The van der Waals surface area contributed by atoms with E-state index in [0.717, 1.165) is 12.0 Å². The molecule has 0 amide bonds. The Bertz CT molecular complexity index is 239. The highest BCUT2D eigenvalue weighted by Gasteiger charge is 2.28. The molecule has 3 heteroatoms. The summed E-state index contributed by atoms with van der Waals surface area (Å²) in [6.45, 7) is 8.66. The van der Waals surface area contributed by atoms with Crippen molar-refractivity contribution in [1.82, 2.24) is 10.2 Å². The number of nitrogens with one attached hydrogen (secondary N) is 1. The van der Waals surface area contributed by atoms with Crippen LogP contribution in [0.5, 0.6) is 0 Å². The molecule has 19 heavy (non-hydrogen) atoms. The fourth-order valence-electron chi connectivity index (χ4n) is 3.56. The zero-order chi connectivity index (χ0) is 13.0. The van der Waals surface area contributed by atoms with Crippen molar-refractivity contribution in [2.24, 2.45) is 11.3 Å². The molecule has 114 valence electrons. The maximum absolute atomic E-state index is 3.46. The van der Waals surface area contributed by atoms with Gasteiger partial charge in [-0.3, -0.25) is 0 Å². The Kier molecular flexibility index (Phi) is 7.13. The number of hydrogen-bond donors (Lipinski definition) is 1. The minimum absolute atomic E-state index is 0. The summed E-state index contributed by atoms with van der Waals surface area (Å²) in [6, 6.07) is 0.861. The Labute approximate surface area is 126 Å². The van der Waals surface area contributed by atoms with E-state index in [0.29, 0.717) is 5.41 Å². The molecule has 0 atom stereocenters. The van der Waals surface area contributed by atoms with Crippen molar-refractivity contribution in [3.05, 3.63) is 0 Å². The predicted molar refractivity (Wildman–Crippen MR) is 86.1 cm³/mol. The maximum Gasteiger partial charge on any atom is 0.00926 e. The highest BCUT2D eigenvalue weighted by Crippen LogP contribution is 2.36. The van der Waals surface area contributed by atoms with Gasteiger partial charge < -0.3 is 10.2 Å². The van der Waals surface area contributed by atoms with Crippen molar-refractivity contribution < 1.29 is 0 Å². The van der Waals surface area contributed by atoms with Gasteiger partial charge in [0.05, 0.1) is 0 Å². The second-order valence-corrected chi connectivity index (χ2v) is 7.36. The summed E-state index contributed by atoms with van der Waals surface area (Å²) in [7, 11) is 2.35. The molecule has 0 bridgehead atoms. The lowest BCUT2D eigenvalue weighted by Crippen LogP contribution is -2.38. The van der Waals surface area contributed by atoms with E-state index in [2.05, 4.69) is 31.1 Å². The van der Waals surface area contributed by atoms with Crippen molar-refractivity contribution in [2.45, 2.75) is 64.8 Å². The topological polar surface area (TPSA) is 15.3 Å². The first kappa shape index (κ1) is 17.3. The van der Waals surface area contributed by atoms with E-state index in [1.807, 2.05) is 0 Å². The lowest BCUT2D eigenvalue weighted by atomic mass is 9.75. The molecule has 0 radical (unpaired) electrons. The highest BCUT2D eigenvalue weighted by atomic mass is 35.5. The number of nitrogens with zero attached hydrogens (tertiary/aromatic N) is 1. The molecular weight excluding hydrogens is 256 g/mol. The Hall–Kier alpha value is 0.210. The molecule has 1 N–H and O–H groups in total. The van der Waals surface area contributed by atoms with Gasteiger partial charge >= 0.3 is 0 Å². The zero-order valence-corrected chi connectivity index (χ0v) is 13.9. The van der Waals surface area contributed by atoms with E-state index >= 15 is 0 Å². The Morgan fingerprint density at radius 2 is 1.63 bits per heavy atom. The summed E-state index contributed by atoms with van der Waals surface area (Å²) < 4.78 is 0. The fraction of sp³-hybridized carbons (Fsp3) is 1.00.